The van der Waals surface area contributed by atoms with Crippen molar-refractivity contribution in [2.24, 2.45) is 0 Å². The van der Waals surface area contributed by atoms with Gasteiger partial charge in [0.1, 0.15) is 23.4 Å². The van der Waals surface area contributed by atoms with Crippen molar-refractivity contribution < 1.29 is 32.9 Å². The Labute approximate surface area is 198 Å². The number of aliphatic hydroxyl groups is 2. The Balaban J connectivity index is 1.67. The van der Waals surface area contributed by atoms with Gasteiger partial charge in [-0.3, -0.25) is 9.78 Å². The van der Waals surface area contributed by atoms with Crippen LogP contribution in [0, 0.1) is 17.5 Å². The van der Waals surface area contributed by atoms with E-state index < -0.39 is 64.7 Å². The Morgan fingerprint density at radius 2 is 1.91 bits per heavy atom. The molecule has 0 saturated carbocycles. The molecule has 11 heteroatoms. The van der Waals surface area contributed by atoms with Crippen LogP contribution in [0.15, 0.2) is 42.7 Å². The first-order chi connectivity index (χ1) is 16.7. The topological polar surface area (TPSA) is 131 Å². The van der Waals surface area contributed by atoms with Crippen LogP contribution in [0.1, 0.15) is 41.9 Å². The Bertz CT molecular complexity index is 1240. The quantitative estimate of drug-likeness (QED) is 0.433. The molecule has 1 aliphatic rings. The number of carbonyl (C=O) groups excluding carboxylic acids is 1. The van der Waals surface area contributed by atoms with Gasteiger partial charge in [0.15, 0.2) is 11.5 Å². The van der Waals surface area contributed by atoms with Crippen LogP contribution in [0.5, 0.6) is 0 Å². The number of rotatable bonds is 5. The van der Waals surface area contributed by atoms with E-state index in [4.69, 9.17) is 10.5 Å². The summed E-state index contributed by atoms with van der Waals surface area (Å²) in [6.45, 7) is 1.80. The highest BCUT2D eigenvalue weighted by molar-refractivity contribution is 6.06. The predicted molar refractivity (Wildman–Crippen MR) is 121 cm³/mol. The first-order valence-electron chi connectivity index (χ1n) is 10.9. The Kier molecular flexibility index (Phi) is 7.01. The molecule has 1 aromatic carbocycles. The van der Waals surface area contributed by atoms with Crippen molar-refractivity contribution in [3.63, 3.8) is 0 Å². The van der Waals surface area contributed by atoms with Crippen LogP contribution in [-0.2, 0) is 4.74 Å². The molecule has 184 valence electrons. The lowest BCUT2D eigenvalue weighted by atomic mass is 9.92. The molecule has 0 aliphatic carbocycles. The van der Waals surface area contributed by atoms with Gasteiger partial charge in [-0.25, -0.2) is 18.2 Å². The minimum absolute atomic E-state index is 0.0677. The summed E-state index contributed by atoms with van der Waals surface area (Å²) in [6.07, 6.45) is -0.0426. The second-order valence-electron chi connectivity index (χ2n) is 8.14. The largest absolute Gasteiger partial charge is 0.397 e. The summed E-state index contributed by atoms with van der Waals surface area (Å²) in [5.74, 6) is -4.08. The maximum absolute atomic E-state index is 14.5. The lowest BCUT2D eigenvalue weighted by Crippen LogP contribution is -2.45. The number of nitrogen functional groups attached to an aromatic ring is 1. The fourth-order valence-electron chi connectivity index (χ4n) is 4.05. The molecule has 2 aromatic heterocycles. The van der Waals surface area contributed by atoms with Crippen molar-refractivity contribution >= 4 is 17.3 Å². The molecular formula is C24H23F3N4O4. The first-order valence-corrected chi connectivity index (χ1v) is 10.9. The van der Waals surface area contributed by atoms with Gasteiger partial charge in [0, 0.05) is 24.2 Å². The van der Waals surface area contributed by atoms with E-state index in [0.717, 1.165) is 24.3 Å². The molecule has 5 N–H and O–H groups in total. The zero-order chi connectivity index (χ0) is 25.3. The van der Waals surface area contributed by atoms with Gasteiger partial charge in [-0.1, -0.05) is 13.0 Å². The number of halogens is 3. The summed E-state index contributed by atoms with van der Waals surface area (Å²) in [5.41, 5.74) is 4.24. The summed E-state index contributed by atoms with van der Waals surface area (Å²) in [5, 5.41) is 22.9. The third kappa shape index (κ3) is 4.83. The Morgan fingerprint density at radius 3 is 2.60 bits per heavy atom. The van der Waals surface area contributed by atoms with Crippen LogP contribution in [0.4, 0.5) is 24.5 Å². The normalized spacial score (nSPS) is 22.1. The molecule has 1 saturated heterocycles. The molecule has 3 aromatic rings. The minimum Gasteiger partial charge on any atom is -0.397 e. The number of nitrogens with zero attached hydrogens (tertiary/aromatic N) is 2. The molecule has 3 heterocycles. The summed E-state index contributed by atoms with van der Waals surface area (Å²) in [7, 11) is 0. The molecule has 1 aliphatic heterocycles. The van der Waals surface area contributed by atoms with Crippen molar-refractivity contribution in [3.05, 3.63) is 71.4 Å². The number of anilines is 2. The zero-order valence-electron chi connectivity index (χ0n) is 18.6. The summed E-state index contributed by atoms with van der Waals surface area (Å²) in [4.78, 5) is 20.9. The Hall–Kier alpha value is -3.54. The molecule has 4 atom stereocenters. The van der Waals surface area contributed by atoms with Gasteiger partial charge >= 0.3 is 0 Å². The molecule has 1 fully saturated rings. The lowest BCUT2D eigenvalue weighted by molar-refractivity contribution is -0.170. The smallest absolute Gasteiger partial charge is 0.276 e. The number of aliphatic hydroxyl groups excluding tert-OH is 2. The molecule has 8 nitrogen and oxygen atoms in total. The van der Waals surface area contributed by atoms with Gasteiger partial charge in [0.2, 0.25) is 0 Å². The van der Waals surface area contributed by atoms with Crippen molar-refractivity contribution in [1.82, 2.24) is 9.97 Å². The molecule has 0 bridgehead atoms. The van der Waals surface area contributed by atoms with Gasteiger partial charge in [-0.15, -0.1) is 0 Å². The van der Waals surface area contributed by atoms with Gasteiger partial charge in [0.05, 0.1) is 41.4 Å². The standard InChI is InChI=1S/C24H23F3N4O4/c1-2-18-23(33)17(32)9-19(35-18)11-6-7-29-10-16(11)30-24(34)22-15(28)8-14(27)21(31-22)20-12(25)4-3-5-13(20)26/h3-8,10,17-19,23,32-33H,2,9,28H2,1H3,(H,30,34). The van der Waals surface area contributed by atoms with Crippen LogP contribution in [0.2, 0.25) is 0 Å². The molecule has 4 rings (SSSR count). The number of benzene rings is 1. The summed E-state index contributed by atoms with van der Waals surface area (Å²) >= 11 is 0. The van der Waals surface area contributed by atoms with Crippen LogP contribution in [-0.4, -0.2) is 44.4 Å². The molecule has 4 unspecified atom stereocenters. The van der Waals surface area contributed by atoms with E-state index in [1.165, 1.54) is 12.4 Å². The number of hydrogen-bond donors (Lipinski definition) is 4. The van der Waals surface area contributed by atoms with Crippen molar-refractivity contribution in [3.8, 4) is 11.3 Å². The number of carbonyl (C=O) groups is 1. The second kappa shape index (κ2) is 9.98. The predicted octanol–water partition coefficient (Wildman–Crippen LogP) is 3.36. The van der Waals surface area contributed by atoms with E-state index in [1.54, 1.807) is 13.0 Å². The van der Waals surface area contributed by atoms with Crippen molar-refractivity contribution in [2.75, 3.05) is 11.1 Å². The number of nitrogens with two attached hydrogens (primary N) is 1. The van der Waals surface area contributed by atoms with Crippen molar-refractivity contribution in [1.29, 1.82) is 0 Å². The molecule has 0 radical (unpaired) electrons. The minimum atomic E-state index is -1.10. The maximum Gasteiger partial charge on any atom is 0.276 e. The maximum atomic E-state index is 14.5. The average molecular weight is 488 g/mol. The van der Waals surface area contributed by atoms with E-state index in [1.807, 2.05) is 0 Å². The number of ether oxygens (including phenoxy) is 1. The third-order valence-corrected chi connectivity index (χ3v) is 5.84. The van der Waals surface area contributed by atoms with Crippen LogP contribution < -0.4 is 11.1 Å². The van der Waals surface area contributed by atoms with Crippen LogP contribution in [0.3, 0.4) is 0 Å². The number of aromatic nitrogens is 2. The average Bonchev–Trinajstić information content (AvgIpc) is 2.82. The van der Waals surface area contributed by atoms with Gasteiger partial charge in [-0.2, -0.15) is 0 Å². The van der Waals surface area contributed by atoms with E-state index in [9.17, 15) is 28.2 Å². The zero-order valence-corrected chi connectivity index (χ0v) is 18.6. The van der Waals surface area contributed by atoms with E-state index >= 15 is 0 Å². The molecule has 35 heavy (non-hydrogen) atoms. The first kappa shape index (κ1) is 24.6. The second-order valence-corrected chi connectivity index (χ2v) is 8.14. The highest BCUT2D eigenvalue weighted by atomic mass is 19.1. The van der Waals surface area contributed by atoms with E-state index in [-0.39, 0.29) is 17.8 Å². The number of nitrogens with one attached hydrogen (secondary N) is 1. The van der Waals surface area contributed by atoms with Crippen molar-refractivity contribution in [2.45, 2.75) is 44.2 Å². The monoisotopic (exact) mass is 488 g/mol. The SMILES string of the molecule is CCC1OC(c2ccncc2NC(=O)c2nc(-c3c(F)cccc3F)c(F)cc2N)CC(O)C1O. The van der Waals surface area contributed by atoms with Crippen LogP contribution in [0.25, 0.3) is 11.3 Å². The number of pyridine rings is 2. The van der Waals surface area contributed by atoms with Gasteiger partial charge in [-0.05, 0) is 24.6 Å². The highest BCUT2D eigenvalue weighted by Crippen LogP contribution is 2.36. The summed E-state index contributed by atoms with van der Waals surface area (Å²) < 4.78 is 48.9. The highest BCUT2D eigenvalue weighted by Gasteiger charge is 2.37. The molecule has 0 spiro atoms. The fourth-order valence-corrected chi connectivity index (χ4v) is 4.05. The Morgan fingerprint density at radius 1 is 1.20 bits per heavy atom. The number of amides is 1. The number of hydrogen-bond acceptors (Lipinski definition) is 7. The van der Waals surface area contributed by atoms with Gasteiger partial charge in [0.25, 0.3) is 5.91 Å². The molecule has 1 amide bonds. The fraction of sp³-hybridized carbons (Fsp3) is 0.292. The lowest BCUT2D eigenvalue weighted by Gasteiger charge is -2.37. The van der Waals surface area contributed by atoms with Crippen LogP contribution >= 0.6 is 0 Å². The van der Waals surface area contributed by atoms with E-state index in [0.29, 0.717) is 12.0 Å². The van der Waals surface area contributed by atoms with Gasteiger partial charge < -0.3 is 26.0 Å². The third-order valence-electron chi connectivity index (χ3n) is 5.84. The van der Waals surface area contributed by atoms with E-state index in [2.05, 4.69) is 15.3 Å². The summed E-state index contributed by atoms with van der Waals surface area (Å²) in [6, 6.07) is 5.35. The molecular weight excluding hydrogens is 465 g/mol.